The minimum absolute atomic E-state index is 0.437. The van der Waals surface area contributed by atoms with E-state index in [0.29, 0.717) is 35.9 Å². The van der Waals surface area contributed by atoms with Gasteiger partial charge in [-0.05, 0) is 33.6 Å². The van der Waals surface area contributed by atoms with E-state index >= 15 is 0 Å². The molecular weight excluding hydrogens is 356 g/mol. The van der Waals surface area contributed by atoms with Crippen LogP contribution in [0.5, 0.6) is 17.2 Å². The zero-order valence-electron chi connectivity index (χ0n) is 18.2. The summed E-state index contributed by atoms with van der Waals surface area (Å²) >= 11 is 0. The Balaban J connectivity index is 2.10. The number of nitrogens with zero attached hydrogens (tertiary/aromatic N) is 2. The van der Waals surface area contributed by atoms with Crippen LogP contribution < -0.4 is 24.8 Å². The van der Waals surface area contributed by atoms with Gasteiger partial charge in [0.05, 0.1) is 33.4 Å². The second-order valence-electron chi connectivity index (χ2n) is 7.25. The highest BCUT2D eigenvalue weighted by Gasteiger charge is 2.21. The van der Waals surface area contributed by atoms with Crippen molar-refractivity contribution < 1.29 is 14.2 Å². The molecule has 0 spiro atoms. The van der Waals surface area contributed by atoms with E-state index in [-0.39, 0.29) is 0 Å². The molecule has 2 rings (SSSR count). The lowest BCUT2D eigenvalue weighted by Gasteiger charge is -2.35. The average Bonchev–Trinajstić information content (AvgIpc) is 2.71. The molecular formula is C21H36N4O3. The number of methoxy groups -OCH3 is 3. The van der Waals surface area contributed by atoms with Crippen molar-refractivity contribution in [2.24, 2.45) is 4.99 Å². The topological polar surface area (TPSA) is 67.4 Å². The van der Waals surface area contributed by atoms with Crippen LogP contribution in [0.1, 0.15) is 39.2 Å². The quantitative estimate of drug-likeness (QED) is 0.524. The molecule has 7 nitrogen and oxygen atoms in total. The maximum absolute atomic E-state index is 5.53. The molecule has 0 aliphatic carbocycles. The predicted octanol–water partition coefficient (Wildman–Crippen LogP) is 2.64. The molecule has 0 atom stereocenters. The van der Waals surface area contributed by atoms with Crippen molar-refractivity contribution in [3.8, 4) is 17.2 Å². The summed E-state index contributed by atoms with van der Waals surface area (Å²) in [7, 11) is 4.92. The van der Waals surface area contributed by atoms with Crippen molar-refractivity contribution in [3.63, 3.8) is 0 Å². The number of ether oxygens (including phenoxy) is 3. The predicted molar refractivity (Wildman–Crippen MR) is 114 cm³/mol. The lowest BCUT2D eigenvalue weighted by atomic mass is 10.0. The largest absolute Gasteiger partial charge is 0.496 e. The first-order valence-corrected chi connectivity index (χ1v) is 10.1. The molecule has 1 fully saturated rings. The van der Waals surface area contributed by atoms with Crippen molar-refractivity contribution >= 4 is 5.96 Å². The zero-order chi connectivity index (χ0) is 20.5. The maximum atomic E-state index is 5.53. The first-order valence-electron chi connectivity index (χ1n) is 10.1. The Morgan fingerprint density at radius 3 is 2.18 bits per heavy atom. The summed E-state index contributed by atoms with van der Waals surface area (Å²) in [5.41, 5.74) is 0.901. The van der Waals surface area contributed by atoms with E-state index in [1.165, 1.54) is 0 Å². The van der Waals surface area contributed by atoms with Crippen molar-refractivity contribution in [1.82, 2.24) is 15.5 Å². The third-order valence-corrected chi connectivity index (χ3v) is 5.16. The maximum Gasteiger partial charge on any atom is 0.191 e. The molecule has 158 valence electrons. The molecule has 0 aromatic heterocycles. The Morgan fingerprint density at radius 2 is 1.71 bits per heavy atom. The van der Waals surface area contributed by atoms with Crippen molar-refractivity contribution in [1.29, 1.82) is 0 Å². The molecule has 1 aliphatic rings. The van der Waals surface area contributed by atoms with Crippen LogP contribution in [0, 0.1) is 0 Å². The van der Waals surface area contributed by atoms with Crippen molar-refractivity contribution in [2.45, 2.75) is 52.2 Å². The summed E-state index contributed by atoms with van der Waals surface area (Å²) in [6, 6.07) is 4.76. The van der Waals surface area contributed by atoms with Crippen LogP contribution in [-0.4, -0.2) is 63.9 Å². The minimum atomic E-state index is 0.437. The molecule has 2 N–H and O–H groups in total. The summed E-state index contributed by atoms with van der Waals surface area (Å²) in [6.07, 6.45) is 2.25. The van der Waals surface area contributed by atoms with Crippen LogP contribution in [0.15, 0.2) is 17.1 Å². The fourth-order valence-corrected chi connectivity index (χ4v) is 3.47. The van der Waals surface area contributed by atoms with E-state index in [1.807, 2.05) is 12.1 Å². The van der Waals surface area contributed by atoms with E-state index in [2.05, 4.69) is 36.3 Å². The summed E-state index contributed by atoms with van der Waals surface area (Å²) in [5.74, 6) is 2.94. The molecule has 0 saturated carbocycles. The van der Waals surface area contributed by atoms with Gasteiger partial charge in [0, 0.05) is 43.9 Å². The number of hydrogen-bond donors (Lipinski definition) is 2. The SMILES string of the molecule is CCNC(=NCc1c(OC)cc(OC)cc1OC)NC1CCN(C(C)C)CC1. The van der Waals surface area contributed by atoms with E-state index < -0.39 is 0 Å². The highest BCUT2D eigenvalue weighted by molar-refractivity contribution is 5.80. The van der Waals surface area contributed by atoms with E-state index in [4.69, 9.17) is 19.2 Å². The number of nitrogens with one attached hydrogen (secondary N) is 2. The Hall–Kier alpha value is -2.15. The van der Waals surface area contributed by atoms with Crippen LogP contribution in [0.25, 0.3) is 0 Å². The lowest BCUT2D eigenvalue weighted by molar-refractivity contribution is 0.167. The third-order valence-electron chi connectivity index (χ3n) is 5.16. The molecule has 1 aliphatic heterocycles. The number of hydrogen-bond acceptors (Lipinski definition) is 5. The van der Waals surface area contributed by atoms with Crippen LogP contribution in [-0.2, 0) is 6.54 Å². The Kier molecular flexibility index (Phi) is 8.70. The molecule has 0 bridgehead atoms. The van der Waals surface area contributed by atoms with E-state index in [0.717, 1.165) is 44.0 Å². The summed E-state index contributed by atoms with van der Waals surface area (Å²) in [6.45, 7) is 10.1. The molecule has 1 aromatic rings. The standard InChI is InChI=1S/C21H36N4O3/c1-7-22-21(24-16-8-10-25(11-9-16)15(2)3)23-14-18-19(27-5)12-17(26-4)13-20(18)28-6/h12-13,15-16H,7-11,14H2,1-6H3,(H2,22,23,24). The first-order chi connectivity index (χ1) is 13.5. The van der Waals surface area contributed by atoms with E-state index in [1.54, 1.807) is 21.3 Å². The number of piperidine rings is 1. The molecule has 28 heavy (non-hydrogen) atoms. The molecule has 1 heterocycles. The lowest BCUT2D eigenvalue weighted by Crippen LogP contribution is -2.49. The van der Waals surface area contributed by atoms with E-state index in [9.17, 15) is 0 Å². The third kappa shape index (κ3) is 5.92. The summed E-state index contributed by atoms with van der Waals surface area (Å²) < 4.78 is 16.4. The van der Waals surface area contributed by atoms with Crippen LogP contribution in [0.4, 0.5) is 0 Å². The first kappa shape index (κ1) is 22.1. The van der Waals surface area contributed by atoms with Gasteiger partial charge >= 0.3 is 0 Å². The van der Waals surface area contributed by atoms with Gasteiger partial charge in [-0.25, -0.2) is 4.99 Å². The smallest absolute Gasteiger partial charge is 0.191 e. The van der Waals surface area contributed by atoms with Crippen molar-refractivity contribution in [2.75, 3.05) is 41.0 Å². The Morgan fingerprint density at radius 1 is 1.11 bits per heavy atom. The van der Waals surface area contributed by atoms with Gasteiger partial charge in [-0.2, -0.15) is 0 Å². The molecule has 1 saturated heterocycles. The molecule has 0 unspecified atom stereocenters. The van der Waals surface area contributed by atoms with Crippen LogP contribution in [0.2, 0.25) is 0 Å². The Bertz CT molecular complexity index is 616. The Labute approximate surface area is 169 Å². The number of aliphatic imine (C=N–C) groups is 1. The van der Waals surface area contributed by atoms with Gasteiger partial charge in [0.15, 0.2) is 5.96 Å². The van der Waals surface area contributed by atoms with Gasteiger partial charge in [0.2, 0.25) is 0 Å². The summed E-state index contributed by atoms with van der Waals surface area (Å²) in [4.78, 5) is 7.31. The normalized spacial score (nSPS) is 16.2. The fourth-order valence-electron chi connectivity index (χ4n) is 3.47. The average molecular weight is 393 g/mol. The highest BCUT2D eigenvalue weighted by Crippen LogP contribution is 2.34. The number of guanidine groups is 1. The minimum Gasteiger partial charge on any atom is -0.496 e. The van der Waals surface area contributed by atoms with Gasteiger partial charge in [-0.3, -0.25) is 0 Å². The molecule has 1 aromatic carbocycles. The number of rotatable bonds is 8. The second kappa shape index (κ2) is 11.0. The van der Waals surface area contributed by atoms with Gasteiger partial charge in [-0.15, -0.1) is 0 Å². The van der Waals surface area contributed by atoms with Crippen LogP contribution >= 0.6 is 0 Å². The molecule has 7 heteroatoms. The van der Waals surface area contributed by atoms with Gasteiger partial charge in [0.1, 0.15) is 17.2 Å². The van der Waals surface area contributed by atoms with Crippen molar-refractivity contribution in [3.05, 3.63) is 17.7 Å². The van der Waals surface area contributed by atoms with Gasteiger partial charge < -0.3 is 29.7 Å². The fraction of sp³-hybridized carbons (Fsp3) is 0.667. The van der Waals surface area contributed by atoms with Crippen LogP contribution in [0.3, 0.4) is 0 Å². The summed E-state index contributed by atoms with van der Waals surface area (Å²) in [5, 5.41) is 6.94. The zero-order valence-corrected chi connectivity index (χ0v) is 18.2. The monoisotopic (exact) mass is 392 g/mol. The van der Waals surface area contributed by atoms with Gasteiger partial charge in [0.25, 0.3) is 0 Å². The number of benzene rings is 1. The van der Waals surface area contributed by atoms with Gasteiger partial charge in [-0.1, -0.05) is 0 Å². The second-order valence-corrected chi connectivity index (χ2v) is 7.25. The highest BCUT2D eigenvalue weighted by atomic mass is 16.5. The molecule has 0 amide bonds. The molecule has 0 radical (unpaired) electrons. The number of likely N-dealkylation sites (tertiary alicyclic amines) is 1.